The largest absolute Gasteiger partial charge is 0.480 e. The predicted molar refractivity (Wildman–Crippen MR) is 65.6 cm³/mol. The number of aliphatic carboxylic acids is 1. The lowest BCUT2D eigenvalue weighted by molar-refractivity contribution is -0.148. The average Bonchev–Trinajstić information content (AvgIpc) is 2.40. The van der Waals surface area contributed by atoms with E-state index < -0.39 is 11.5 Å². The van der Waals surface area contributed by atoms with E-state index in [9.17, 15) is 14.7 Å². The molecule has 0 aromatic rings. The third-order valence-electron chi connectivity index (χ3n) is 3.89. The number of carbonyl (C=O) groups is 2. The number of rotatable bonds is 3. The number of carbonyl (C=O) groups excluding carboxylic acids is 1. The van der Waals surface area contributed by atoms with Gasteiger partial charge in [-0.15, -0.1) is 0 Å². The molecule has 2 N–H and O–H groups in total. The zero-order valence-electron chi connectivity index (χ0n) is 11.0. The fourth-order valence-electron chi connectivity index (χ4n) is 2.76. The number of hydrogen-bond donors (Lipinski definition) is 2. The molecule has 17 heavy (non-hydrogen) atoms. The van der Waals surface area contributed by atoms with E-state index in [4.69, 9.17) is 0 Å². The summed E-state index contributed by atoms with van der Waals surface area (Å²) in [4.78, 5) is 22.6. The van der Waals surface area contributed by atoms with Crippen molar-refractivity contribution in [1.82, 2.24) is 5.32 Å². The Labute approximate surface area is 103 Å². The summed E-state index contributed by atoms with van der Waals surface area (Å²) >= 11 is 0. The summed E-state index contributed by atoms with van der Waals surface area (Å²) in [6.45, 7) is 5.74. The molecule has 1 aliphatic carbocycles. The molecule has 0 aromatic heterocycles. The summed E-state index contributed by atoms with van der Waals surface area (Å²) in [6, 6.07) is 0. The van der Waals surface area contributed by atoms with E-state index in [1.807, 2.05) is 0 Å². The highest BCUT2D eigenvalue weighted by Gasteiger charge is 2.41. The highest BCUT2D eigenvalue weighted by molar-refractivity contribution is 5.85. The fourth-order valence-corrected chi connectivity index (χ4v) is 2.76. The number of nitrogens with one attached hydrogen (secondary N) is 1. The Kier molecular flexibility index (Phi) is 4.54. The maximum Gasteiger partial charge on any atom is 0.329 e. The molecule has 0 aromatic carbocycles. The van der Waals surface area contributed by atoms with Crippen LogP contribution in [0.5, 0.6) is 0 Å². The molecule has 0 bridgehead atoms. The third kappa shape index (κ3) is 3.45. The van der Waals surface area contributed by atoms with E-state index in [0.29, 0.717) is 24.7 Å². The van der Waals surface area contributed by atoms with Gasteiger partial charge in [0.2, 0.25) is 5.91 Å². The van der Waals surface area contributed by atoms with E-state index in [2.05, 4.69) is 19.2 Å². The molecule has 0 spiro atoms. The molecule has 98 valence electrons. The second-order valence-electron chi connectivity index (χ2n) is 5.50. The van der Waals surface area contributed by atoms with E-state index in [1.165, 1.54) is 6.92 Å². The molecule has 0 heterocycles. The summed E-state index contributed by atoms with van der Waals surface area (Å²) in [5.41, 5.74) is -1.03. The average molecular weight is 241 g/mol. The first kappa shape index (κ1) is 14.0. The van der Waals surface area contributed by atoms with Gasteiger partial charge < -0.3 is 10.4 Å². The second kappa shape index (κ2) is 5.52. The van der Waals surface area contributed by atoms with Crippen LogP contribution in [0.25, 0.3) is 0 Å². The normalized spacial score (nSPS) is 29.8. The molecule has 0 radical (unpaired) electrons. The monoisotopic (exact) mass is 241 g/mol. The highest BCUT2D eigenvalue weighted by atomic mass is 16.4. The Morgan fingerprint density at radius 3 is 2.41 bits per heavy atom. The van der Waals surface area contributed by atoms with Gasteiger partial charge >= 0.3 is 5.97 Å². The molecule has 2 unspecified atom stereocenters. The van der Waals surface area contributed by atoms with Crippen LogP contribution < -0.4 is 5.32 Å². The van der Waals surface area contributed by atoms with Crippen LogP contribution in [0, 0.1) is 11.8 Å². The molecule has 0 saturated heterocycles. The van der Waals surface area contributed by atoms with Gasteiger partial charge in [-0.2, -0.15) is 0 Å². The minimum absolute atomic E-state index is 0.254. The van der Waals surface area contributed by atoms with Gasteiger partial charge in [0.25, 0.3) is 0 Å². The van der Waals surface area contributed by atoms with E-state index in [-0.39, 0.29) is 5.91 Å². The van der Waals surface area contributed by atoms with E-state index in [0.717, 1.165) is 19.3 Å². The number of hydrogen-bond acceptors (Lipinski definition) is 2. The van der Waals surface area contributed by atoms with Crippen LogP contribution in [0.4, 0.5) is 0 Å². The van der Waals surface area contributed by atoms with Crippen molar-refractivity contribution in [3.05, 3.63) is 0 Å². The Morgan fingerprint density at radius 1 is 1.29 bits per heavy atom. The minimum atomic E-state index is -1.03. The standard InChI is InChI=1S/C13H23NO3/c1-9(2)11-5-4-7-13(8-6-11,12(16)17)14-10(3)15/h9,11H,4-8H2,1-3H3,(H,14,15)(H,16,17). The van der Waals surface area contributed by atoms with Crippen molar-refractivity contribution >= 4 is 11.9 Å². The van der Waals surface area contributed by atoms with Crippen molar-refractivity contribution in [3.63, 3.8) is 0 Å². The predicted octanol–water partition coefficient (Wildman–Crippen LogP) is 2.18. The SMILES string of the molecule is CC(=O)NC1(C(=O)O)CCCC(C(C)C)CC1. The van der Waals surface area contributed by atoms with Gasteiger partial charge in [0, 0.05) is 6.92 Å². The summed E-state index contributed by atoms with van der Waals surface area (Å²) in [5.74, 6) is 0.00871. The highest BCUT2D eigenvalue weighted by Crippen LogP contribution is 2.34. The summed E-state index contributed by atoms with van der Waals surface area (Å²) in [5, 5.41) is 12.0. The van der Waals surface area contributed by atoms with Crippen LogP contribution in [0.15, 0.2) is 0 Å². The second-order valence-corrected chi connectivity index (χ2v) is 5.50. The van der Waals surface area contributed by atoms with Crippen LogP contribution in [0.2, 0.25) is 0 Å². The van der Waals surface area contributed by atoms with Crippen LogP contribution in [0.1, 0.15) is 52.9 Å². The molecule has 0 aliphatic heterocycles. The summed E-state index contributed by atoms with van der Waals surface area (Å²) in [6.07, 6.45) is 3.90. The van der Waals surface area contributed by atoms with Crippen molar-refractivity contribution in [2.75, 3.05) is 0 Å². The maximum absolute atomic E-state index is 11.4. The Morgan fingerprint density at radius 2 is 1.94 bits per heavy atom. The summed E-state index contributed by atoms with van der Waals surface area (Å²) in [7, 11) is 0. The molecule has 1 rings (SSSR count). The van der Waals surface area contributed by atoms with Gasteiger partial charge in [-0.05, 0) is 31.1 Å². The van der Waals surface area contributed by atoms with Crippen molar-refractivity contribution in [1.29, 1.82) is 0 Å². The molecular formula is C13H23NO3. The molecule has 1 aliphatic rings. The van der Waals surface area contributed by atoms with Crippen LogP contribution in [-0.4, -0.2) is 22.5 Å². The van der Waals surface area contributed by atoms with Gasteiger partial charge in [-0.1, -0.05) is 26.7 Å². The summed E-state index contributed by atoms with van der Waals surface area (Å²) < 4.78 is 0. The Hall–Kier alpha value is -1.06. The zero-order valence-corrected chi connectivity index (χ0v) is 11.0. The molecule has 1 fully saturated rings. The van der Waals surface area contributed by atoms with Crippen molar-refractivity contribution in [2.45, 2.75) is 58.4 Å². The molecule has 1 amide bonds. The van der Waals surface area contributed by atoms with Crippen molar-refractivity contribution in [3.8, 4) is 0 Å². The van der Waals surface area contributed by atoms with Crippen LogP contribution in [-0.2, 0) is 9.59 Å². The van der Waals surface area contributed by atoms with Gasteiger partial charge in [0.05, 0.1) is 0 Å². The first-order chi connectivity index (χ1) is 7.87. The lowest BCUT2D eigenvalue weighted by Crippen LogP contribution is -2.53. The van der Waals surface area contributed by atoms with Gasteiger partial charge in [0.15, 0.2) is 0 Å². The van der Waals surface area contributed by atoms with Gasteiger partial charge in [-0.3, -0.25) is 4.79 Å². The third-order valence-corrected chi connectivity index (χ3v) is 3.89. The number of amides is 1. The lowest BCUT2D eigenvalue weighted by Gasteiger charge is -2.29. The lowest BCUT2D eigenvalue weighted by atomic mass is 9.86. The first-order valence-corrected chi connectivity index (χ1v) is 6.39. The molecule has 2 atom stereocenters. The molecule has 4 nitrogen and oxygen atoms in total. The topological polar surface area (TPSA) is 66.4 Å². The van der Waals surface area contributed by atoms with Crippen LogP contribution in [0.3, 0.4) is 0 Å². The minimum Gasteiger partial charge on any atom is -0.480 e. The fraction of sp³-hybridized carbons (Fsp3) is 0.846. The smallest absolute Gasteiger partial charge is 0.329 e. The Balaban J connectivity index is 2.79. The van der Waals surface area contributed by atoms with E-state index >= 15 is 0 Å². The maximum atomic E-state index is 11.4. The number of carboxylic acids is 1. The van der Waals surface area contributed by atoms with Crippen LogP contribution >= 0.6 is 0 Å². The molecule has 4 heteroatoms. The molecular weight excluding hydrogens is 218 g/mol. The Bertz CT molecular complexity index is 301. The van der Waals surface area contributed by atoms with Gasteiger partial charge in [0.1, 0.15) is 5.54 Å². The first-order valence-electron chi connectivity index (χ1n) is 6.39. The zero-order chi connectivity index (χ0) is 13.1. The van der Waals surface area contributed by atoms with E-state index in [1.54, 1.807) is 0 Å². The number of carboxylic acid groups (broad SMARTS) is 1. The van der Waals surface area contributed by atoms with Crippen molar-refractivity contribution < 1.29 is 14.7 Å². The van der Waals surface area contributed by atoms with Gasteiger partial charge in [-0.25, -0.2) is 4.79 Å². The molecule has 1 saturated carbocycles. The quantitative estimate of drug-likeness (QED) is 0.744. The van der Waals surface area contributed by atoms with Crippen molar-refractivity contribution in [2.24, 2.45) is 11.8 Å².